The van der Waals surface area contributed by atoms with Crippen LogP contribution in [-0.4, -0.2) is 61.0 Å². The second-order valence-electron chi connectivity index (χ2n) is 8.02. The van der Waals surface area contributed by atoms with Gasteiger partial charge in [0.25, 0.3) is 10.2 Å². The molecule has 0 spiro atoms. The van der Waals surface area contributed by atoms with Crippen LogP contribution < -0.4 is 4.90 Å². The number of aromatic nitrogens is 2. The topological polar surface area (TPSA) is 69.6 Å². The van der Waals surface area contributed by atoms with E-state index in [9.17, 15) is 8.42 Å². The normalized spacial score (nSPS) is 25.5. The molecule has 0 saturated carbocycles. The third kappa shape index (κ3) is 3.19. The predicted molar refractivity (Wildman–Crippen MR) is 109 cm³/mol. The smallest absolute Gasteiger partial charge is 0.282 e. The van der Waals surface area contributed by atoms with Gasteiger partial charge in [0, 0.05) is 39.6 Å². The molecule has 2 saturated heterocycles. The molecule has 2 fully saturated rings. The second-order valence-corrected chi connectivity index (χ2v) is 10.1. The van der Waals surface area contributed by atoms with Gasteiger partial charge in [-0.05, 0) is 43.0 Å². The van der Waals surface area contributed by atoms with Gasteiger partial charge in [-0.15, -0.1) is 5.10 Å². The van der Waals surface area contributed by atoms with Crippen LogP contribution in [0.5, 0.6) is 0 Å². The Morgan fingerprint density at radius 2 is 1.75 bits per heavy atom. The summed E-state index contributed by atoms with van der Waals surface area (Å²) in [5, 5.41) is 8.52. The molecule has 28 heavy (non-hydrogen) atoms. The number of nitrogens with zero attached hydrogens (tertiary/aromatic N) is 5. The van der Waals surface area contributed by atoms with E-state index in [1.165, 1.54) is 4.31 Å². The first-order valence-electron chi connectivity index (χ1n) is 9.59. The second kappa shape index (κ2) is 7.09. The van der Waals surface area contributed by atoms with E-state index < -0.39 is 10.2 Å². The lowest BCUT2D eigenvalue weighted by Crippen LogP contribution is -2.42. The van der Waals surface area contributed by atoms with E-state index in [0.717, 1.165) is 35.7 Å². The molecule has 2 aliphatic heterocycles. The Morgan fingerprint density at radius 3 is 2.39 bits per heavy atom. The maximum Gasteiger partial charge on any atom is 0.282 e. The van der Waals surface area contributed by atoms with Crippen molar-refractivity contribution in [2.24, 2.45) is 11.8 Å². The van der Waals surface area contributed by atoms with Crippen molar-refractivity contribution in [3.63, 3.8) is 0 Å². The average molecular weight is 402 g/mol. The average Bonchev–Trinajstić information content (AvgIpc) is 3.21. The lowest BCUT2D eigenvalue weighted by molar-refractivity contribution is 0.326. The Balaban J connectivity index is 1.70. The molecule has 0 radical (unpaired) electrons. The van der Waals surface area contributed by atoms with Gasteiger partial charge in [-0.2, -0.15) is 22.1 Å². The molecular formula is C20H27N5O2S. The van der Waals surface area contributed by atoms with Crippen molar-refractivity contribution in [1.82, 2.24) is 18.8 Å². The number of fused-ring (bicyclic) bond motifs is 1. The highest BCUT2D eigenvalue weighted by atomic mass is 32.2. The monoisotopic (exact) mass is 401 g/mol. The first-order valence-corrected chi connectivity index (χ1v) is 11.0. The predicted octanol–water partition coefficient (Wildman–Crippen LogP) is 2.01. The van der Waals surface area contributed by atoms with Gasteiger partial charge in [0.2, 0.25) is 0 Å². The van der Waals surface area contributed by atoms with Gasteiger partial charge in [0.15, 0.2) is 5.82 Å². The molecule has 3 atom stereocenters. The molecule has 8 heteroatoms. The van der Waals surface area contributed by atoms with Crippen molar-refractivity contribution in [3.8, 4) is 0 Å². The minimum Gasteiger partial charge on any atom is -0.354 e. The fraction of sp³-hybridized carbons (Fsp3) is 0.500. The van der Waals surface area contributed by atoms with Gasteiger partial charge in [-0.1, -0.05) is 24.3 Å². The van der Waals surface area contributed by atoms with Crippen LogP contribution >= 0.6 is 0 Å². The number of rotatable bonds is 4. The van der Waals surface area contributed by atoms with Crippen LogP contribution in [0, 0.1) is 25.7 Å². The molecule has 3 heterocycles. The molecule has 0 N–H and O–H groups in total. The summed E-state index contributed by atoms with van der Waals surface area (Å²) < 4.78 is 29.1. The Hall–Kier alpha value is -2.03. The van der Waals surface area contributed by atoms with Crippen LogP contribution in [0.15, 0.2) is 36.4 Å². The van der Waals surface area contributed by atoms with Crippen molar-refractivity contribution in [3.05, 3.63) is 53.2 Å². The van der Waals surface area contributed by atoms with Gasteiger partial charge in [0.05, 0.1) is 11.7 Å². The molecule has 2 aliphatic rings. The summed E-state index contributed by atoms with van der Waals surface area (Å²) in [7, 11) is -0.293. The van der Waals surface area contributed by atoms with E-state index in [2.05, 4.69) is 34.2 Å². The zero-order valence-corrected chi connectivity index (χ0v) is 17.6. The minimum atomic E-state index is -3.50. The Kier molecular flexibility index (Phi) is 4.89. The van der Waals surface area contributed by atoms with E-state index in [-0.39, 0.29) is 17.9 Å². The van der Waals surface area contributed by atoms with E-state index in [4.69, 9.17) is 0 Å². The summed E-state index contributed by atoms with van der Waals surface area (Å²) in [5.41, 5.74) is 3.11. The van der Waals surface area contributed by atoms with Crippen LogP contribution in [0.1, 0.15) is 22.9 Å². The van der Waals surface area contributed by atoms with E-state index in [0.29, 0.717) is 6.54 Å². The summed E-state index contributed by atoms with van der Waals surface area (Å²) in [6.45, 7) is 6.08. The molecule has 150 valence electrons. The van der Waals surface area contributed by atoms with E-state index in [1.807, 2.05) is 31.2 Å². The van der Waals surface area contributed by atoms with E-state index >= 15 is 0 Å². The third-order valence-electron chi connectivity index (χ3n) is 5.99. The van der Waals surface area contributed by atoms with Crippen LogP contribution in [-0.2, 0) is 10.2 Å². The fourth-order valence-electron chi connectivity index (χ4n) is 4.51. The highest BCUT2D eigenvalue weighted by Gasteiger charge is 2.52. The van der Waals surface area contributed by atoms with Crippen molar-refractivity contribution in [2.45, 2.75) is 19.9 Å². The van der Waals surface area contributed by atoms with Gasteiger partial charge >= 0.3 is 0 Å². The summed E-state index contributed by atoms with van der Waals surface area (Å²) in [4.78, 5) is 2.24. The van der Waals surface area contributed by atoms with Crippen LogP contribution in [0.25, 0.3) is 0 Å². The standard InChI is InChI=1S/C20H27N5O2S/c1-14-7-5-6-8-17(14)20-18-13-24(19-10-9-15(2)21-22-19)11-16(18)12-25(20)28(26,27)23(3)4/h5-10,16,18,20H,11-13H2,1-4H3/t16-,18-,20+/m0/s1. The number of aryl methyl sites for hydroxylation is 2. The van der Waals surface area contributed by atoms with Crippen molar-refractivity contribution in [2.75, 3.05) is 38.6 Å². The first kappa shape index (κ1) is 19.3. The highest BCUT2D eigenvalue weighted by Crippen LogP contribution is 2.47. The number of hydrogen-bond acceptors (Lipinski definition) is 5. The fourth-order valence-corrected chi connectivity index (χ4v) is 5.86. The molecule has 2 aromatic rings. The van der Waals surface area contributed by atoms with Crippen LogP contribution in [0.3, 0.4) is 0 Å². The van der Waals surface area contributed by atoms with Gasteiger partial charge < -0.3 is 4.90 Å². The number of benzene rings is 1. The molecule has 0 unspecified atom stereocenters. The maximum absolute atomic E-state index is 13.1. The quantitative estimate of drug-likeness (QED) is 0.784. The third-order valence-corrected chi connectivity index (χ3v) is 7.89. The molecule has 1 aromatic carbocycles. The minimum absolute atomic E-state index is 0.165. The summed E-state index contributed by atoms with van der Waals surface area (Å²) in [6.07, 6.45) is 0. The maximum atomic E-state index is 13.1. The van der Waals surface area contributed by atoms with Gasteiger partial charge in [-0.3, -0.25) is 0 Å². The lowest BCUT2D eigenvalue weighted by atomic mass is 9.88. The molecule has 0 bridgehead atoms. The van der Waals surface area contributed by atoms with Crippen molar-refractivity contribution < 1.29 is 8.42 Å². The zero-order valence-electron chi connectivity index (χ0n) is 16.8. The largest absolute Gasteiger partial charge is 0.354 e. The van der Waals surface area contributed by atoms with Gasteiger partial charge in [-0.25, -0.2) is 0 Å². The van der Waals surface area contributed by atoms with Crippen LogP contribution in [0.2, 0.25) is 0 Å². The number of anilines is 1. The Labute approximate surface area is 167 Å². The number of hydrogen-bond donors (Lipinski definition) is 0. The highest BCUT2D eigenvalue weighted by molar-refractivity contribution is 7.86. The molecule has 1 aromatic heterocycles. The van der Waals surface area contributed by atoms with E-state index in [1.54, 1.807) is 18.4 Å². The molecule has 7 nitrogen and oxygen atoms in total. The Bertz CT molecular complexity index is 961. The van der Waals surface area contributed by atoms with Gasteiger partial charge in [0.1, 0.15) is 0 Å². The molecular weight excluding hydrogens is 374 g/mol. The summed E-state index contributed by atoms with van der Waals surface area (Å²) in [6, 6.07) is 11.9. The SMILES string of the molecule is Cc1ccc(N2C[C@H]3CN(S(=O)(=O)N(C)C)[C@H](c4ccccc4C)[C@H]3C2)nn1. The van der Waals surface area contributed by atoms with Crippen molar-refractivity contribution >= 4 is 16.0 Å². The molecule has 0 amide bonds. The molecule has 4 rings (SSSR count). The summed E-state index contributed by atoms with van der Waals surface area (Å²) >= 11 is 0. The van der Waals surface area contributed by atoms with Crippen LogP contribution in [0.4, 0.5) is 5.82 Å². The molecule has 0 aliphatic carbocycles. The zero-order chi connectivity index (χ0) is 20.1. The summed E-state index contributed by atoms with van der Waals surface area (Å²) in [5.74, 6) is 1.35. The first-order chi connectivity index (χ1) is 13.3. The lowest BCUT2D eigenvalue weighted by Gasteiger charge is -2.32. The van der Waals surface area contributed by atoms with Crippen molar-refractivity contribution in [1.29, 1.82) is 0 Å². The Morgan fingerprint density at radius 1 is 1.00 bits per heavy atom.